The molecule has 0 atom stereocenters. The summed E-state index contributed by atoms with van der Waals surface area (Å²) in [6.45, 7) is 4.47. The van der Waals surface area contributed by atoms with Crippen LogP contribution in [0.5, 0.6) is 0 Å². The standard InChI is InChI=1S/C32H33ClN4O2/c1-22-14-17-37(18-15-22)27-10-6-25(7-11-27)31(38)20-23-3-8-26(9-4-23)35-29-12-5-24(19-28(29)33)21-32(39)30-13-16-34-36(30)2/h3-13,16,19,22,35H,14-15,17-18,20-21H2,1-2H3. The third-order valence-electron chi connectivity index (χ3n) is 7.44. The van der Waals surface area contributed by atoms with Crippen LogP contribution in [0.3, 0.4) is 0 Å². The summed E-state index contributed by atoms with van der Waals surface area (Å²) in [6.07, 6.45) is 4.65. The Kier molecular flexibility index (Phi) is 8.13. The normalized spacial score (nSPS) is 13.9. The number of nitrogens with zero attached hydrogens (tertiary/aromatic N) is 3. The number of ketones is 2. The van der Waals surface area contributed by atoms with Crippen molar-refractivity contribution in [2.24, 2.45) is 13.0 Å². The fourth-order valence-electron chi connectivity index (χ4n) is 4.97. The lowest BCUT2D eigenvalue weighted by Gasteiger charge is -2.32. The molecule has 0 radical (unpaired) electrons. The van der Waals surface area contributed by atoms with E-state index in [2.05, 4.69) is 34.4 Å². The zero-order valence-electron chi connectivity index (χ0n) is 22.4. The number of carbonyl (C=O) groups excluding carboxylic acids is 2. The number of Topliss-reactive ketones (excluding diaryl/α,β-unsaturated/α-hetero) is 2. The number of hydrogen-bond donors (Lipinski definition) is 1. The molecule has 0 unspecified atom stereocenters. The van der Waals surface area contributed by atoms with Crippen molar-refractivity contribution in [3.05, 3.63) is 106 Å². The highest BCUT2D eigenvalue weighted by atomic mass is 35.5. The van der Waals surface area contributed by atoms with E-state index in [-0.39, 0.29) is 18.0 Å². The monoisotopic (exact) mass is 540 g/mol. The minimum atomic E-state index is -0.00970. The number of hydrogen-bond acceptors (Lipinski definition) is 5. The maximum Gasteiger partial charge on any atom is 0.185 e. The molecule has 4 aromatic rings. The molecular formula is C32H33ClN4O2. The Balaban J connectivity index is 1.16. The van der Waals surface area contributed by atoms with Crippen LogP contribution in [0.1, 0.15) is 51.7 Å². The molecule has 1 fully saturated rings. The Labute approximate surface area is 234 Å². The minimum Gasteiger partial charge on any atom is -0.372 e. The number of piperidine rings is 1. The van der Waals surface area contributed by atoms with Crippen LogP contribution in [0.4, 0.5) is 17.1 Å². The van der Waals surface area contributed by atoms with Crippen molar-refractivity contribution in [3.63, 3.8) is 0 Å². The van der Waals surface area contributed by atoms with Crippen LogP contribution in [0, 0.1) is 5.92 Å². The van der Waals surface area contributed by atoms with Gasteiger partial charge in [0.1, 0.15) is 5.69 Å². The van der Waals surface area contributed by atoms with Gasteiger partial charge in [0, 0.05) is 56.1 Å². The molecule has 0 aliphatic carbocycles. The molecule has 0 saturated carbocycles. The Morgan fingerprint density at radius 3 is 2.21 bits per heavy atom. The van der Waals surface area contributed by atoms with E-state index in [9.17, 15) is 9.59 Å². The number of carbonyl (C=O) groups is 2. The SMILES string of the molecule is CC1CCN(c2ccc(C(=O)Cc3ccc(Nc4ccc(CC(=O)c5ccnn5C)cc4Cl)cc3)cc2)CC1. The number of benzene rings is 3. The van der Waals surface area contributed by atoms with Gasteiger partial charge in [0.15, 0.2) is 11.6 Å². The molecule has 1 N–H and O–H groups in total. The maximum atomic E-state index is 12.9. The first-order chi connectivity index (χ1) is 18.9. The van der Waals surface area contributed by atoms with Gasteiger partial charge in [-0.3, -0.25) is 14.3 Å². The summed E-state index contributed by atoms with van der Waals surface area (Å²) in [5.41, 5.74) is 5.91. The van der Waals surface area contributed by atoms with E-state index in [0.717, 1.165) is 47.1 Å². The first-order valence-electron chi connectivity index (χ1n) is 13.4. The van der Waals surface area contributed by atoms with Gasteiger partial charge in [-0.1, -0.05) is 36.7 Å². The smallest absolute Gasteiger partial charge is 0.185 e. The molecule has 6 nitrogen and oxygen atoms in total. The summed E-state index contributed by atoms with van der Waals surface area (Å²) in [5, 5.41) is 7.91. The summed E-state index contributed by atoms with van der Waals surface area (Å²) in [5.74, 6) is 0.889. The van der Waals surface area contributed by atoms with Gasteiger partial charge in [-0.25, -0.2) is 0 Å². The van der Waals surface area contributed by atoms with Crippen LogP contribution in [0.25, 0.3) is 0 Å². The molecule has 7 heteroatoms. The summed E-state index contributed by atoms with van der Waals surface area (Å²) in [7, 11) is 1.75. The van der Waals surface area contributed by atoms with Gasteiger partial charge in [0.2, 0.25) is 0 Å². The van der Waals surface area contributed by atoms with Crippen LogP contribution in [-0.4, -0.2) is 34.4 Å². The number of rotatable bonds is 9. The van der Waals surface area contributed by atoms with Crippen molar-refractivity contribution >= 4 is 40.2 Å². The average Bonchev–Trinajstić information content (AvgIpc) is 3.38. The van der Waals surface area contributed by atoms with Gasteiger partial charge in [-0.15, -0.1) is 0 Å². The van der Waals surface area contributed by atoms with E-state index >= 15 is 0 Å². The lowest BCUT2D eigenvalue weighted by molar-refractivity contribution is 0.0979. The zero-order chi connectivity index (χ0) is 27.4. The summed E-state index contributed by atoms with van der Waals surface area (Å²) in [4.78, 5) is 27.8. The number of halogens is 1. The summed E-state index contributed by atoms with van der Waals surface area (Å²) < 4.78 is 1.57. The second-order valence-electron chi connectivity index (χ2n) is 10.4. The molecule has 1 aliphatic rings. The van der Waals surface area contributed by atoms with Crippen molar-refractivity contribution in [2.45, 2.75) is 32.6 Å². The Morgan fingerprint density at radius 1 is 0.897 bits per heavy atom. The molecule has 0 amide bonds. The van der Waals surface area contributed by atoms with Gasteiger partial charge < -0.3 is 10.2 Å². The zero-order valence-corrected chi connectivity index (χ0v) is 23.1. The molecule has 3 aromatic carbocycles. The van der Waals surface area contributed by atoms with Crippen molar-refractivity contribution in [3.8, 4) is 0 Å². The van der Waals surface area contributed by atoms with E-state index in [0.29, 0.717) is 17.1 Å². The van der Waals surface area contributed by atoms with Gasteiger partial charge in [0.25, 0.3) is 0 Å². The van der Waals surface area contributed by atoms with E-state index in [4.69, 9.17) is 11.6 Å². The number of aryl methyl sites for hydroxylation is 1. The van der Waals surface area contributed by atoms with E-state index < -0.39 is 0 Å². The molecule has 5 rings (SSSR count). The molecular weight excluding hydrogens is 508 g/mol. The molecule has 1 aromatic heterocycles. The summed E-state index contributed by atoms with van der Waals surface area (Å²) in [6, 6.07) is 23.1. The average molecular weight is 541 g/mol. The highest BCUT2D eigenvalue weighted by Gasteiger charge is 2.17. The summed E-state index contributed by atoms with van der Waals surface area (Å²) >= 11 is 6.51. The van der Waals surface area contributed by atoms with E-state index in [1.54, 1.807) is 24.0 Å². The third kappa shape index (κ3) is 6.58. The lowest BCUT2D eigenvalue weighted by Crippen LogP contribution is -2.32. The molecule has 39 heavy (non-hydrogen) atoms. The quantitative estimate of drug-likeness (QED) is 0.234. The number of aromatic nitrogens is 2. The maximum absolute atomic E-state index is 12.9. The van der Waals surface area contributed by atoms with E-state index in [1.807, 2.05) is 54.6 Å². The molecule has 0 bridgehead atoms. The van der Waals surface area contributed by atoms with Gasteiger partial charge in [0.05, 0.1) is 10.7 Å². The second-order valence-corrected chi connectivity index (χ2v) is 10.8. The van der Waals surface area contributed by atoms with Crippen LogP contribution >= 0.6 is 11.6 Å². The van der Waals surface area contributed by atoms with Crippen LogP contribution < -0.4 is 10.2 Å². The molecule has 0 spiro atoms. The third-order valence-corrected chi connectivity index (χ3v) is 7.75. The second kappa shape index (κ2) is 11.9. The number of anilines is 3. The van der Waals surface area contributed by atoms with Gasteiger partial charge in [-0.2, -0.15) is 5.10 Å². The van der Waals surface area contributed by atoms with Crippen molar-refractivity contribution < 1.29 is 9.59 Å². The molecule has 1 saturated heterocycles. The Bertz CT molecular complexity index is 1450. The van der Waals surface area contributed by atoms with Crippen LogP contribution in [0.15, 0.2) is 79.0 Å². The van der Waals surface area contributed by atoms with Crippen molar-refractivity contribution in [1.29, 1.82) is 0 Å². The predicted octanol–water partition coefficient (Wildman–Crippen LogP) is 6.90. The van der Waals surface area contributed by atoms with Gasteiger partial charge in [-0.05, 0) is 84.5 Å². The molecule has 1 aliphatic heterocycles. The van der Waals surface area contributed by atoms with Crippen LogP contribution in [0.2, 0.25) is 5.02 Å². The fourth-order valence-corrected chi connectivity index (χ4v) is 5.22. The molecule has 200 valence electrons. The van der Waals surface area contributed by atoms with Crippen molar-refractivity contribution in [1.82, 2.24) is 9.78 Å². The highest BCUT2D eigenvalue weighted by molar-refractivity contribution is 6.33. The first-order valence-corrected chi connectivity index (χ1v) is 13.8. The topological polar surface area (TPSA) is 67.2 Å². The Morgan fingerprint density at radius 2 is 1.56 bits per heavy atom. The highest BCUT2D eigenvalue weighted by Crippen LogP contribution is 2.28. The largest absolute Gasteiger partial charge is 0.372 e. The first kappa shape index (κ1) is 26.7. The predicted molar refractivity (Wildman–Crippen MR) is 158 cm³/mol. The molecule has 2 heterocycles. The Hall–Kier alpha value is -3.90. The number of nitrogens with one attached hydrogen (secondary N) is 1. The lowest BCUT2D eigenvalue weighted by atomic mass is 9.98. The minimum absolute atomic E-state index is 0.00970. The van der Waals surface area contributed by atoms with Crippen LogP contribution in [-0.2, 0) is 19.9 Å². The van der Waals surface area contributed by atoms with Gasteiger partial charge >= 0.3 is 0 Å². The van der Waals surface area contributed by atoms with E-state index in [1.165, 1.54) is 18.5 Å². The fraction of sp³-hybridized carbons (Fsp3) is 0.281. The van der Waals surface area contributed by atoms with Crippen molar-refractivity contribution in [2.75, 3.05) is 23.3 Å².